The van der Waals surface area contributed by atoms with Crippen molar-refractivity contribution in [1.82, 2.24) is 4.31 Å². The van der Waals surface area contributed by atoms with Crippen molar-refractivity contribution in [3.63, 3.8) is 0 Å². The summed E-state index contributed by atoms with van der Waals surface area (Å²) in [7, 11) is 3.82. The molecular formula is C21H28N2O6S. The molecule has 0 heterocycles. The Hall–Kier alpha value is -2.78. The monoisotopic (exact) mass is 436 g/mol. The lowest BCUT2D eigenvalue weighted by Crippen LogP contribution is -2.23. The van der Waals surface area contributed by atoms with Crippen LogP contribution in [0, 0.1) is 13.8 Å². The maximum Gasteiger partial charge on any atom is 0.242 e. The Morgan fingerprint density at radius 2 is 1.53 bits per heavy atom. The van der Waals surface area contributed by atoms with Gasteiger partial charge in [-0.05, 0) is 54.8 Å². The molecule has 0 aliphatic carbocycles. The van der Waals surface area contributed by atoms with Crippen molar-refractivity contribution in [2.75, 3.05) is 40.7 Å². The Balaban J connectivity index is 2.34. The van der Waals surface area contributed by atoms with Gasteiger partial charge in [0.2, 0.25) is 21.7 Å². The summed E-state index contributed by atoms with van der Waals surface area (Å²) in [5, 5.41) is 2.82. The van der Waals surface area contributed by atoms with Gasteiger partial charge in [-0.25, -0.2) is 12.7 Å². The van der Waals surface area contributed by atoms with Gasteiger partial charge in [-0.2, -0.15) is 0 Å². The van der Waals surface area contributed by atoms with E-state index in [4.69, 9.17) is 14.2 Å². The van der Waals surface area contributed by atoms with E-state index < -0.39 is 10.0 Å². The first-order valence-electron chi connectivity index (χ1n) is 9.17. The molecule has 0 aromatic heterocycles. The minimum absolute atomic E-state index is 0.0415. The number of benzene rings is 2. The number of carbonyl (C=O) groups excluding carboxylic acids is 1. The lowest BCUT2D eigenvalue weighted by atomic mass is 10.1. The van der Waals surface area contributed by atoms with E-state index in [1.807, 2.05) is 6.92 Å². The van der Waals surface area contributed by atoms with Crippen LogP contribution in [-0.2, 0) is 21.2 Å². The van der Waals surface area contributed by atoms with E-state index >= 15 is 0 Å². The van der Waals surface area contributed by atoms with Gasteiger partial charge in [-0.15, -0.1) is 0 Å². The number of aryl methyl sites for hydroxylation is 1. The van der Waals surface area contributed by atoms with Gasteiger partial charge in [0, 0.05) is 19.8 Å². The molecule has 0 aliphatic heterocycles. The number of nitrogens with one attached hydrogen (secondary N) is 1. The number of nitrogens with zero attached hydrogens (tertiary/aromatic N) is 1. The molecule has 0 aliphatic rings. The Morgan fingerprint density at radius 3 is 2.00 bits per heavy atom. The summed E-state index contributed by atoms with van der Waals surface area (Å²) >= 11 is 0. The van der Waals surface area contributed by atoms with Crippen molar-refractivity contribution in [3.05, 3.63) is 41.0 Å². The van der Waals surface area contributed by atoms with Gasteiger partial charge in [-0.3, -0.25) is 4.79 Å². The summed E-state index contributed by atoms with van der Waals surface area (Å²) < 4.78 is 42.1. The second-order valence-corrected chi connectivity index (χ2v) is 9.11. The number of sulfonamides is 1. The molecule has 0 radical (unpaired) electrons. The van der Waals surface area contributed by atoms with Gasteiger partial charge in [0.15, 0.2) is 11.5 Å². The van der Waals surface area contributed by atoms with E-state index in [-0.39, 0.29) is 17.2 Å². The van der Waals surface area contributed by atoms with Crippen LogP contribution in [0.25, 0.3) is 0 Å². The molecule has 0 atom stereocenters. The van der Waals surface area contributed by atoms with Gasteiger partial charge in [0.05, 0.1) is 32.6 Å². The van der Waals surface area contributed by atoms with E-state index in [1.54, 1.807) is 25.1 Å². The van der Waals surface area contributed by atoms with Crippen LogP contribution in [0.2, 0.25) is 0 Å². The van der Waals surface area contributed by atoms with Crippen molar-refractivity contribution in [1.29, 1.82) is 0 Å². The highest BCUT2D eigenvalue weighted by Crippen LogP contribution is 2.38. The first-order valence-corrected chi connectivity index (χ1v) is 10.6. The van der Waals surface area contributed by atoms with Crippen LogP contribution in [0.4, 0.5) is 5.69 Å². The Labute approximate surface area is 177 Å². The second kappa shape index (κ2) is 9.36. The highest BCUT2D eigenvalue weighted by Gasteiger charge is 2.21. The number of hydrogen-bond acceptors (Lipinski definition) is 6. The first kappa shape index (κ1) is 23.5. The summed E-state index contributed by atoms with van der Waals surface area (Å²) in [6.45, 7) is 3.63. The van der Waals surface area contributed by atoms with Crippen LogP contribution in [0.3, 0.4) is 0 Å². The fraction of sp³-hybridized carbons (Fsp3) is 0.381. The second-order valence-electron chi connectivity index (χ2n) is 6.96. The highest BCUT2D eigenvalue weighted by molar-refractivity contribution is 7.89. The van der Waals surface area contributed by atoms with E-state index in [0.29, 0.717) is 28.5 Å². The maximum atomic E-state index is 12.7. The zero-order valence-corrected chi connectivity index (χ0v) is 19.1. The highest BCUT2D eigenvalue weighted by atomic mass is 32.2. The van der Waals surface area contributed by atoms with Gasteiger partial charge in [0.25, 0.3) is 0 Å². The van der Waals surface area contributed by atoms with E-state index in [0.717, 1.165) is 15.4 Å². The zero-order chi connectivity index (χ0) is 22.6. The molecule has 164 valence electrons. The number of rotatable bonds is 8. The molecule has 9 heteroatoms. The number of carbonyl (C=O) groups is 1. The average Bonchev–Trinajstić information content (AvgIpc) is 2.69. The topological polar surface area (TPSA) is 94.2 Å². The fourth-order valence-corrected chi connectivity index (χ4v) is 3.95. The Kier molecular flexibility index (Phi) is 7.33. The molecule has 0 saturated heterocycles. The molecule has 2 aromatic rings. The molecule has 2 rings (SSSR count). The lowest BCUT2D eigenvalue weighted by molar-refractivity contribution is -0.115. The summed E-state index contributed by atoms with van der Waals surface area (Å²) in [5.74, 6) is 1.04. The lowest BCUT2D eigenvalue weighted by Gasteiger charge is -2.17. The predicted octanol–water partition coefficient (Wildman–Crippen LogP) is 2.76. The fourth-order valence-electron chi connectivity index (χ4n) is 2.93. The van der Waals surface area contributed by atoms with Crippen molar-refractivity contribution >= 4 is 21.6 Å². The Morgan fingerprint density at radius 1 is 0.967 bits per heavy atom. The van der Waals surface area contributed by atoms with Gasteiger partial charge < -0.3 is 19.5 Å². The standard InChI is InChI=1S/C21H28N2O6S/c1-13-8-16(30(25,26)23(3)4)12-17(14(13)2)22-20(24)11-15-9-18(27-5)21(29-7)19(10-15)28-6/h8-10,12H,11H2,1-7H3,(H,22,24). The normalized spacial score (nSPS) is 11.3. The molecule has 0 bridgehead atoms. The molecule has 0 saturated carbocycles. The predicted molar refractivity (Wildman–Crippen MR) is 115 cm³/mol. The number of anilines is 1. The molecular weight excluding hydrogens is 408 g/mol. The third kappa shape index (κ3) is 4.85. The smallest absolute Gasteiger partial charge is 0.242 e. The van der Waals surface area contributed by atoms with Crippen LogP contribution in [0.5, 0.6) is 17.2 Å². The van der Waals surface area contributed by atoms with Gasteiger partial charge in [-0.1, -0.05) is 0 Å². The van der Waals surface area contributed by atoms with Gasteiger partial charge in [0.1, 0.15) is 0 Å². The average molecular weight is 437 g/mol. The third-order valence-corrected chi connectivity index (χ3v) is 6.58. The van der Waals surface area contributed by atoms with E-state index in [1.165, 1.54) is 41.5 Å². The molecule has 0 fully saturated rings. The van der Waals surface area contributed by atoms with E-state index in [2.05, 4.69) is 5.32 Å². The SMILES string of the molecule is COc1cc(CC(=O)Nc2cc(S(=O)(=O)N(C)C)cc(C)c2C)cc(OC)c1OC. The summed E-state index contributed by atoms with van der Waals surface area (Å²) in [6.07, 6.45) is 0.0415. The van der Waals surface area contributed by atoms with Crippen LogP contribution >= 0.6 is 0 Å². The molecule has 1 N–H and O–H groups in total. The van der Waals surface area contributed by atoms with Crippen molar-refractivity contribution in [2.45, 2.75) is 25.2 Å². The largest absolute Gasteiger partial charge is 0.493 e. The minimum atomic E-state index is -3.62. The number of hydrogen-bond donors (Lipinski definition) is 1. The zero-order valence-electron chi connectivity index (χ0n) is 18.3. The van der Waals surface area contributed by atoms with Crippen LogP contribution in [0.1, 0.15) is 16.7 Å². The van der Waals surface area contributed by atoms with E-state index in [9.17, 15) is 13.2 Å². The summed E-state index contributed by atoms with van der Waals surface area (Å²) in [5.41, 5.74) is 2.67. The van der Waals surface area contributed by atoms with Crippen molar-refractivity contribution < 1.29 is 27.4 Å². The van der Waals surface area contributed by atoms with Crippen molar-refractivity contribution in [2.24, 2.45) is 0 Å². The molecule has 0 spiro atoms. The van der Waals surface area contributed by atoms with Crippen LogP contribution in [0.15, 0.2) is 29.2 Å². The summed E-state index contributed by atoms with van der Waals surface area (Å²) in [4.78, 5) is 12.8. The number of methoxy groups -OCH3 is 3. The van der Waals surface area contributed by atoms with Crippen LogP contribution in [-0.4, -0.2) is 54.1 Å². The minimum Gasteiger partial charge on any atom is -0.493 e. The summed E-state index contributed by atoms with van der Waals surface area (Å²) in [6, 6.07) is 6.47. The number of ether oxygens (including phenoxy) is 3. The molecule has 1 amide bonds. The first-order chi connectivity index (χ1) is 14.0. The molecule has 8 nitrogen and oxygen atoms in total. The Bertz CT molecular complexity index is 1020. The van der Waals surface area contributed by atoms with Crippen molar-refractivity contribution in [3.8, 4) is 17.2 Å². The maximum absolute atomic E-state index is 12.7. The van der Waals surface area contributed by atoms with Gasteiger partial charge >= 0.3 is 0 Å². The molecule has 0 unspecified atom stereocenters. The molecule has 30 heavy (non-hydrogen) atoms. The quantitative estimate of drug-likeness (QED) is 0.684. The number of amides is 1. The van der Waals surface area contributed by atoms with Crippen LogP contribution < -0.4 is 19.5 Å². The molecule has 2 aromatic carbocycles. The third-order valence-electron chi connectivity index (χ3n) is 4.78.